The minimum absolute atomic E-state index is 0.0114. The third kappa shape index (κ3) is 2.88. The van der Waals surface area contributed by atoms with Gasteiger partial charge in [0.1, 0.15) is 5.75 Å². The van der Waals surface area contributed by atoms with E-state index in [0.717, 1.165) is 18.6 Å². The first kappa shape index (κ1) is 16.4. The van der Waals surface area contributed by atoms with Crippen LogP contribution >= 0.6 is 0 Å². The van der Waals surface area contributed by atoms with Crippen LogP contribution in [0.1, 0.15) is 24.0 Å². The number of hydrogen-bond acceptors (Lipinski definition) is 4. The van der Waals surface area contributed by atoms with E-state index in [9.17, 15) is 9.59 Å². The Bertz CT molecular complexity index is 705. The van der Waals surface area contributed by atoms with Crippen molar-refractivity contribution in [2.24, 2.45) is 17.1 Å². The van der Waals surface area contributed by atoms with E-state index in [-0.39, 0.29) is 24.3 Å². The van der Waals surface area contributed by atoms with Gasteiger partial charge in [-0.2, -0.15) is 0 Å². The third-order valence-electron chi connectivity index (χ3n) is 5.98. The van der Waals surface area contributed by atoms with Gasteiger partial charge in [0.05, 0.1) is 12.0 Å². The van der Waals surface area contributed by atoms with Crippen molar-refractivity contribution in [3.63, 3.8) is 0 Å². The zero-order valence-electron chi connectivity index (χ0n) is 14.3. The van der Waals surface area contributed by atoms with Crippen LogP contribution < -0.4 is 10.5 Å². The maximum atomic E-state index is 12.6. The Hall–Kier alpha value is -2.08. The molecule has 1 aromatic carbocycles. The fourth-order valence-electron chi connectivity index (χ4n) is 4.42. The Morgan fingerprint density at radius 1 is 1.32 bits per heavy atom. The second kappa shape index (κ2) is 6.33. The lowest BCUT2D eigenvalue weighted by Gasteiger charge is -2.34. The number of rotatable bonds is 4. The zero-order chi connectivity index (χ0) is 17.4. The Labute approximate surface area is 147 Å². The number of likely N-dealkylation sites (tertiary alicyclic amines) is 1. The highest BCUT2D eigenvalue weighted by Gasteiger charge is 2.53. The Morgan fingerprint density at radius 3 is 2.96 bits per heavy atom. The SMILES string of the molecule is NC(=O)[C@]12CCOC[C@H]1CN(C(=O)COc1ccc3c(c1)CCC3)C2. The van der Waals surface area contributed by atoms with Crippen LogP contribution in [0.15, 0.2) is 18.2 Å². The van der Waals surface area contributed by atoms with Gasteiger partial charge in [-0.1, -0.05) is 6.07 Å². The van der Waals surface area contributed by atoms with E-state index >= 15 is 0 Å². The molecule has 0 bridgehead atoms. The van der Waals surface area contributed by atoms with Crippen molar-refractivity contribution in [1.29, 1.82) is 0 Å². The molecule has 25 heavy (non-hydrogen) atoms. The third-order valence-corrected chi connectivity index (χ3v) is 5.98. The number of carbonyl (C=O) groups excluding carboxylic acids is 2. The molecule has 1 aliphatic carbocycles. The summed E-state index contributed by atoms with van der Waals surface area (Å²) >= 11 is 0. The summed E-state index contributed by atoms with van der Waals surface area (Å²) in [4.78, 5) is 26.3. The first-order valence-electron chi connectivity index (χ1n) is 8.98. The number of nitrogens with zero attached hydrogens (tertiary/aromatic N) is 1. The van der Waals surface area contributed by atoms with Gasteiger partial charge in [-0.05, 0) is 48.9 Å². The summed E-state index contributed by atoms with van der Waals surface area (Å²) < 4.78 is 11.2. The van der Waals surface area contributed by atoms with Gasteiger partial charge in [-0.25, -0.2) is 0 Å². The normalized spacial score (nSPS) is 27.7. The summed E-state index contributed by atoms with van der Waals surface area (Å²) in [5.41, 5.74) is 7.72. The van der Waals surface area contributed by atoms with E-state index in [4.69, 9.17) is 15.2 Å². The smallest absolute Gasteiger partial charge is 0.260 e. The van der Waals surface area contributed by atoms with Gasteiger partial charge in [-0.3, -0.25) is 9.59 Å². The highest BCUT2D eigenvalue weighted by molar-refractivity contribution is 5.85. The average molecular weight is 344 g/mol. The summed E-state index contributed by atoms with van der Waals surface area (Å²) in [5.74, 6) is 0.299. The molecule has 2 fully saturated rings. The Morgan fingerprint density at radius 2 is 2.16 bits per heavy atom. The molecule has 6 nitrogen and oxygen atoms in total. The van der Waals surface area contributed by atoms with E-state index in [1.165, 1.54) is 17.5 Å². The summed E-state index contributed by atoms with van der Waals surface area (Å²) in [6, 6.07) is 6.06. The number of fused-ring (bicyclic) bond motifs is 2. The molecule has 2 amide bonds. The van der Waals surface area contributed by atoms with Crippen LogP contribution in [0.3, 0.4) is 0 Å². The van der Waals surface area contributed by atoms with Crippen LogP contribution in [0, 0.1) is 11.3 Å². The largest absolute Gasteiger partial charge is 0.484 e. The van der Waals surface area contributed by atoms with E-state index in [1.807, 2.05) is 12.1 Å². The lowest BCUT2D eigenvalue weighted by molar-refractivity contribution is -0.136. The molecule has 4 rings (SSSR count). The number of ether oxygens (including phenoxy) is 2. The second-order valence-corrected chi connectivity index (χ2v) is 7.39. The molecule has 0 radical (unpaired) electrons. The van der Waals surface area contributed by atoms with Crippen molar-refractivity contribution in [2.45, 2.75) is 25.7 Å². The lowest BCUT2D eigenvalue weighted by Crippen LogP contribution is -2.48. The van der Waals surface area contributed by atoms with E-state index in [0.29, 0.717) is 32.7 Å². The second-order valence-electron chi connectivity index (χ2n) is 7.39. The molecule has 0 spiro atoms. The molecule has 2 N–H and O–H groups in total. The lowest BCUT2D eigenvalue weighted by atomic mass is 9.74. The maximum Gasteiger partial charge on any atom is 0.260 e. The number of aryl methyl sites for hydroxylation is 2. The number of hydrogen-bond donors (Lipinski definition) is 1. The number of carbonyl (C=O) groups is 2. The zero-order valence-corrected chi connectivity index (χ0v) is 14.3. The Balaban J connectivity index is 1.39. The van der Waals surface area contributed by atoms with Crippen molar-refractivity contribution < 1.29 is 19.1 Å². The molecule has 0 aromatic heterocycles. The molecule has 6 heteroatoms. The summed E-state index contributed by atoms with van der Waals surface area (Å²) in [7, 11) is 0. The van der Waals surface area contributed by atoms with Gasteiger partial charge >= 0.3 is 0 Å². The van der Waals surface area contributed by atoms with Crippen LogP contribution in [0.25, 0.3) is 0 Å². The van der Waals surface area contributed by atoms with Crippen molar-refractivity contribution in [2.75, 3.05) is 32.9 Å². The highest BCUT2D eigenvalue weighted by Crippen LogP contribution is 2.42. The topological polar surface area (TPSA) is 81.9 Å². The van der Waals surface area contributed by atoms with E-state index in [1.54, 1.807) is 4.90 Å². The molecular weight excluding hydrogens is 320 g/mol. The molecule has 0 unspecified atom stereocenters. The molecule has 134 valence electrons. The minimum Gasteiger partial charge on any atom is -0.484 e. The predicted molar refractivity (Wildman–Crippen MR) is 91.1 cm³/mol. The van der Waals surface area contributed by atoms with Gasteiger partial charge < -0.3 is 20.1 Å². The average Bonchev–Trinajstić information content (AvgIpc) is 3.23. The Kier molecular flexibility index (Phi) is 4.15. The van der Waals surface area contributed by atoms with Gasteiger partial charge in [0.25, 0.3) is 5.91 Å². The first-order chi connectivity index (χ1) is 12.1. The van der Waals surface area contributed by atoms with Crippen molar-refractivity contribution in [1.82, 2.24) is 4.90 Å². The monoisotopic (exact) mass is 344 g/mol. The quantitative estimate of drug-likeness (QED) is 0.880. The number of amides is 2. The summed E-state index contributed by atoms with van der Waals surface area (Å²) in [5, 5.41) is 0. The molecule has 3 aliphatic rings. The number of benzene rings is 1. The van der Waals surface area contributed by atoms with Gasteiger partial charge in [0.2, 0.25) is 5.91 Å². The molecule has 2 saturated heterocycles. The molecule has 0 saturated carbocycles. The fraction of sp³-hybridized carbons (Fsp3) is 0.579. The minimum atomic E-state index is -0.637. The van der Waals surface area contributed by atoms with Crippen LogP contribution in [0.4, 0.5) is 0 Å². The molecular formula is C19H24N2O4. The van der Waals surface area contributed by atoms with Crippen LogP contribution in [-0.4, -0.2) is 49.6 Å². The first-order valence-corrected chi connectivity index (χ1v) is 8.98. The molecule has 2 heterocycles. The van der Waals surface area contributed by atoms with E-state index < -0.39 is 5.41 Å². The summed E-state index contributed by atoms with van der Waals surface area (Å²) in [6.07, 6.45) is 3.98. The van der Waals surface area contributed by atoms with Crippen LogP contribution in [0.5, 0.6) is 5.75 Å². The van der Waals surface area contributed by atoms with Crippen molar-refractivity contribution >= 4 is 11.8 Å². The number of primary amides is 1. The van der Waals surface area contributed by atoms with Gasteiger partial charge in [0, 0.05) is 25.6 Å². The maximum absolute atomic E-state index is 12.6. The van der Waals surface area contributed by atoms with Crippen molar-refractivity contribution in [3.05, 3.63) is 29.3 Å². The highest BCUT2D eigenvalue weighted by atomic mass is 16.5. The number of nitrogens with two attached hydrogens (primary N) is 1. The van der Waals surface area contributed by atoms with Crippen molar-refractivity contribution in [3.8, 4) is 5.75 Å². The van der Waals surface area contributed by atoms with Gasteiger partial charge in [-0.15, -0.1) is 0 Å². The molecule has 2 atom stereocenters. The molecule has 2 aliphatic heterocycles. The van der Waals surface area contributed by atoms with Gasteiger partial charge in [0.15, 0.2) is 6.61 Å². The van der Waals surface area contributed by atoms with Crippen LogP contribution in [-0.2, 0) is 27.2 Å². The van der Waals surface area contributed by atoms with Crippen LogP contribution in [0.2, 0.25) is 0 Å². The van der Waals surface area contributed by atoms with E-state index in [2.05, 4.69) is 6.07 Å². The summed E-state index contributed by atoms with van der Waals surface area (Å²) in [6.45, 7) is 1.88. The standard InChI is InChI=1S/C19H24N2O4/c20-18(23)19-6-7-24-10-15(19)9-21(12-19)17(22)11-25-16-5-4-13-2-1-3-14(13)8-16/h4-5,8,15H,1-3,6-7,9-12H2,(H2,20,23)/t15-,19+/m1/s1. The fourth-order valence-corrected chi connectivity index (χ4v) is 4.42. The predicted octanol–water partition coefficient (Wildman–Crippen LogP) is 0.905. The molecule has 1 aromatic rings.